The minimum Gasteiger partial charge on any atom is -0.473 e. The molecular weight excluding hydrogens is 226 g/mol. The lowest BCUT2D eigenvalue weighted by atomic mass is 10.1. The molecule has 1 aliphatic rings. The third-order valence-electron chi connectivity index (χ3n) is 3.05. The van der Waals surface area contributed by atoms with Crippen molar-refractivity contribution in [2.75, 3.05) is 0 Å². The van der Waals surface area contributed by atoms with Crippen LogP contribution in [-0.2, 0) is 6.54 Å². The molecule has 1 saturated carbocycles. The van der Waals surface area contributed by atoms with Crippen molar-refractivity contribution < 1.29 is 4.74 Å². The molecule has 1 aliphatic carbocycles. The van der Waals surface area contributed by atoms with Crippen molar-refractivity contribution in [2.45, 2.75) is 64.6 Å². The van der Waals surface area contributed by atoms with Gasteiger partial charge in [-0.25, -0.2) is 4.98 Å². The van der Waals surface area contributed by atoms with E-state index in [4.69, 9.17) is 4.74 Å². The van der Waals surface area contributed by atoms with Crippen molar-refractivity contribution in [3.63, 3.8) is 0 Å². The Hall–Kier alpha value is -1.16. The molecule has 100 valence electrons. The molecule has 1 aromatic heterocycles. The molecule has 0 aliphatic heterocycles. The Morgan fingerprint density at radius 1 is 1.28 bits per heavy atom. The predicted octanol–water partition coefficient (Wildman–Crippen LogP) is 2.69. The highest BCUT2D eigenvalue weighted by atomic mass is 16.5. The summed E-state index contributed by atoms with van der Waals surface area (Å²) in [6.45, 7) is 7.14. The van der Waals surface area contributed by atoms with Gasteiger partial charge in [-0.15, -0.1) is 0 Å². The van der Waals surface area contributed by atoms with Gasteiger partial charge in [-0.05, 0) is 46.5 Å². The molecule has 0 aromatic carbocycles. The predicted molar refractivity (Wildman–Crippen MR) is 71.5 cm³/mol. The largest absolute Gasteiger partial charge is 0.473 e. The Balaban J connectivity index is 1.92. The van der Waals surface area contributed by atoms with E-state index in [0.717, 1.165) is 25.1 Å². The molecule has 0 amide bonds. The molecule has 0 saturated heterocycles. The van der Waals surface area contributed by atoms with Crippen LogP contribution in [0.5, 0.6) is 5.88 Å². The lowest BCUT2D eigenvalue weighted by molar-refractivity contribution is 0.199. The van der Waals surface area contributed by atoms with Crippen LogP contribution >= 0.6 is 0 Å². The van der Waals surface area contributed by atoms with Gasteiger partial charge in [0.2, 0.25) is 5.88 Å². The molecule has 0 radical (unpaired) electrons. The van der Waals surface area contributed by atoms with E-state index in [1.807, 2.05) is 0 Å². The van der Waals surface area contributed by atoms with Crippen LogP contribution in [0.25, 0.3) is 0 Å². The first kappa shape index (κ1) is 13.3. The van der Waals surface area contributed by atoms with Crippen molar-refractivity contribution in [2.24, 2.45) is 0 Å². The Labute approximate surface area is 109 Å². The molecule has 0 unspecified atom stereocenters. The van der Waals surface area contributed by atoms with Crippen LogP contribution in [0.3, 0.4) is 0 Å². The Morgan fingerprint density at radius 2 is 2.00 bits per heavy atom. The molecule has 0 atom stereocenters. The highest BCUT2D eigenvalue weighted by Crippen LogP contribution is 2.22. The Bertz CT molecular complexity index is 381. The van der Waals surface area contributed by atoms with Crippen molar-refractivity contribution in [1.29, 1.82) is 0 Å². The van der Waals surface area contributed by atoms with Gasteiger partial charge in [0.25, 0.3) is 0 Å². The van der Waals surface area contributed by atoms with Crippen molar-refractivity contribution in [1.82, 2.24) is 15.3 Å². The normalized spacial score (nSPS) is 17.1. The summed E-state index contributed by atoms with van der Waals surface area (Å²) in [6.07, 6.45) is 8.66. The van der Waals surface area contributed by atoms with Crippen molar-refractivity contribution >= 4 is 0 Å². The number of hydrogen-bond acceptors (Lipinski definition) is 4. The number of ether oxygens (including phenoxy) is 1. The van der Waals surface area contributed by atoms with E-state index in [-0.39, 0.29) is 5.54 Å². The second-order valence-electron chi connectivity index (χ2n) is 5.98. The van der Waals surface area contributed by atoms with Crippen LogP contribution in [-0.4, -0.2) is 21.6 Å². The maximum Gasteiger partial charge on any atom is 0.232 e. The van der Waals surface area contributed by atoms with Crippen molar-refractivity contribution in [3.8, 4) is 5.88 Å². The summed E-state index contributed by atoms with van der Waals surface area (Å²) in [5.74, 6) is 0.662. The van der Waals surface area contributed by atoms with Gasteiger partial charge in [0.15, 0.2) is 0 Å². The van der Waals surface area contributed by atoms with E-state index < -0.39 is 0 Å². The second-order valence-corrected chi connectivity index (χ2v) is 5.98. The third kappa shape index (κ3) is 4.26. The number of nitrogens with zero attached hydrogens (tertiary/aromatic N) is 2. The van der Waals surface area contributed by atoms with Gasteiger partial charge in [0.1, 0.15) is 6.10 Å². The van der Waals surface area contributed by atoms with Crippen LogP contribution in [0.2, 0.25) is 0 Å². The lowest BCUT2D eigenvalue weighted by Gasteiger charge is -2.20. The minimum atomic E-state index is 0.0873. The summed E-state index contributed by atoms with van der Waals surface area (Å²) in [5, 5.41) is 3.40. The SMILES string of the molecule is CC(C)(C)NCc1cncc(OC2CCCC2)n1. The molecule has 1 heterocycles. The van der Waals surface area contributed by atoms with E-state index in [2.05, 4.69) is 36.1 Å². The topological polar surface area (TPSA) is 47.0 Å². The number of nitrogens with one attached hydrogen (secondary N) is 1. The molecule has 0 bridgehead atoms. The van der Waals surface area contributed by atoms with E-state index in [1.54, 1.807) is 12.4 Å². The molecular formula is C14H23N3O. The summed E-state index contributed by atoms with van der Waals surface area (Å²) < 4.78 is 5.85. The standard InChI is InChI=1S/C14H23N3O/c1-14(2,3)16-9-11-8-15-10-13(17-11)18-12-6-4-5-7-12/h8,10,12,16H,4-7,9H2,1-3H3. The first-order valence-corrected chi connectivity index (χ1v) is 6.75. The number of rotatable bonds is 4. The van der Waals surface area contributed by atoms with E-state index in [1.165, 1.54) is 12.8 Å². The van der Waals surface area contributed by atoms with E-state index in [9.17, 15) is 0 Å². The van der Waals surface area contributed by atoms with Gasteiger partial charge in [-0.2, -0.15) is 0 Å². The van der Waals surface area contributed by atoms with Gasteiger partial charge >= 0.3 is 0 Å². The highest BCUT2D eigenvalue weighted by molar-refractivity contribution is 5.09. The first-order valence-electron chi connectivity index (χ1n) is 6.75. The molecule has 4 nitrogen and oxygen atoms in total. The van der Waals surface area contributed by atoms with Gasteiger partial charge in [0, 0.05) is 18.3 Å². The monoisotopic (exact) mass is 249 g/mol. The molecule has 18 heavy (non-hydrogen) atoms. The molecule has 0 spiro atoms. The summed E-state index contributed by atoms with van der Waals surface area (Å²) in [6, 6.07) is 0. The summed E-state index contributed by atoms with van der Waals surface area (Å²) in [4.78, 5) is 8.69. The van der Waals surface area contributed by atoms with Crippen LogP contribution in [0, 0.1) is 0 Å². The van der Waals surface area contributed by atoms with Crippen LogP contribution in [0.4, 0.5) is 0 Å². The minimum absolute atomic E-state index is 0.0873. The fourth-order valence-electron chi connectivity index (χ4n) is 2.06. The molecule has 1 N–H and O–H groups in total. The third-order valence-corrected chi connectivity index (χ3v) is 3.05. The van der Waals surface area contributed by atoms with Crippen LogP contribution in [0.15, 0.2) is 12.4 Å². The Morgan fingerprint density at radius 3 is 2.67 bits per heavy atom. The zero-order valence-electron chi connectivity index (χ0n) is 11.6. The van der Waals surface area contributed by atoms with Crippen molar-refractivity contribution in [3.05, 3.63) is 18.1 Å². The summed E-state index contributed by atoms with van der Waals surface area (Å²) in [7, 11) is 0. The van der Waals surface area contributed by atoms with Gasteiger partial charge in [0.05, 0.1) is 11.9 Å². The fraction of sp³-hybridized carbons (Fsp3) is 0.714. The molecule has 1 aromatic rings. The summed E-state index contributed by atoms with van der Waals surface area (Å²) >= 11 is 0. The van der Waals surface area contributed by atoms with E-state index in [0.29, 0.717) is 12.0 Å². The number of hydrogen-bond donors (Lipinski definition) is 1. The fourth-order valence-corrected chi connectivity index (χ4v) is 2.06. The molecule has 1 fully saturated rings. The molecule has 2 rings (SSSR count). The smallest absolute Gasteiger partial charge is 0.232 e. The Kier molecular flexibility index (Phi) is 4.17. The zero-order chi connectivity index (χ0) is 13.0. The maximum atomic E-state index is 5.85. The van der Waals surface area contributed by atoms with Crippen LogP contribution in [0.1, 0.15) is 52.1 Å². The molecule has 4 heteroatoms. The van der Waals surface area contributed by atoms with Crippen LogP contribution < -0.4 is 10.1 Å². The van der Waals surface area contributed by atoms with Gasteiger partial charge < -0.3 is 10.1 Å². The average molecular weight is 249 g/mol. The highest BCUT2D eigenvalue weighted by Gasteiger charge is 2.17. The number of aromatic nitrogens is 2. The van der Waals surface area contributed by atoms with E-state index >= 15 is 0 Å². The second kappa shape index (κ2) is 5.65. The zero-order valence-corrected chi connectivity index (χ0v) is 11.6. The summed E-state index contributed by atoms with van der Waals surface area (Å²) in [5.41, 5.74) is 1.02. The maximum absolute atomic E-state index is 5.85. The lowest BCUT2D eigenvalue weighted by Crippen LogP contribution is -2.35. The first-order chi connectivity index (χ1) is 8.53. The quantitative estimate of drug-likeness (QED) is 0.891. The van der Waals surface area contributed by atoms with Gasteiger partial charge in [-0.1, -0.05) is 0 Å². The average Bonchev–Trinajstić information content (AvgIpc) is 2.79. The van der Waals surface area contributed by atoms with Gasteiger partial charge in [-0.3, -0.25) is 4.98 Å².